The van der Waals surface area contributed by atoms with Gasteiger partial charge in [-0.3, -0.25) is 0 Å². The van der Waals surface area contributed by atoms with Gasteiger partial charge in [0, 0.05) is 6.42 Å². The molecule has 0 aromatic heterocycles. The van der Waals surface area contributed by atoms with Crippen LogP contribution in [0.25, 0.3) is 0 Å². The van der Waals surface area contributed by atoms with Gasteiger partial charge in [-0.1, -0.05) is 46.0 Å². The Labute approximate surface area is 81.2 Å². The second-order valence-corrected chi connectivity index (χ2v) is 4.02. The van der Waals surface area contributed by atoms with E-state index >= 15 is 0 Å². The van der Waals surface area contributed by atoms with Crippen molar-refractivity contribution < 1.29 is 5.11 Å². The summed E-state index contributed by atoms with van der Waals surface area (Å²) in [5.74, 6) is 0.555. The number of rotatable bonds is 7. The second-order valence-electron chi connectivity index (χ2n) is 3.55. The molecule has 0 aromatic rings. The van der Waals surface area contributed by atoms with Crippen molar-refractivity contribution in [1.29, 1.82) is 0 Å². The molecule has 0 aromatic carbocycles. The Bertz CT molecular complexity index is 123. The predicted octanol–water partition coefficient (Wildman–Crippen LogP) is 3.87. The van der Waals surface area contributed by atoms with E-state index in [4.69, 9.17) is 5.11 Å². The first-order chi connectivity index (χ1) is 5.66. The molecule has 0 rings (SSSR count). The first-order valence-electron chi connectivity index (χ1n) is 4.88. The maximum Gasteiger partial charge on any atom is 0.156 e. The molecule has 0 bridgehead atoms. The number of unbranched alkanes of at least 4 members (excludes halogenated alkanes) is 3. The SMILES string of the molecule is CCCCCCC(C)CC(O)=S. The van der Waals surface area contributed by atoms with Crippen LogP contribution in [-0.2, 0) is 0 Å². The minimum Gasteiger partial charge on any atom is -0.502 e. The zero-order valence-corrected chi connectivity index (χ0v) is 8.99. The van der Waals surface area contributed by atoms with Crippen molar-refractivity contribution in [1.82, 2.24) is 0 Å². The Hall–Kier alpha value is -0.110. The highest BCUT2D eigenvalue weighted by atomic mass is 32.1. The fraction of sp³-hybridized carbons (Fsp3) is 0.900. The van der Waals surface area contributed by atoms with E-state index in [-0.39, 0.29) is 5.05 Å². The summed E-state index contributed by atoms with van der Waals surface area (Å²) >= 11 is 4.63. The van der Waals surface area contributed by atoms with Gasteiger partial charge in [0.25, 0.3) is 0 Å². The normalized spacial score (nSPS) is 12.8. The summed E-state index contributed by atoms with van der Waals surface area (Å²) in [5, 5.41) is 9.02. The molecule has 0 spiro atoms. The van der Waals surface area contributed by atoms with E-state index in [2.05, 4.69) is 26.1 Å². The van der Waals surface area contributed by atoms with Gasteiger partial charge in [-0.25, -0.2) is 0 Å². The highest BCUT2D eigenvalue weighted by Gasteiger charge is 2.03. The van der Waals surface area contributed by atoms with E-state index in [0.717, 1.165) is 0 Å². The highest BCUT2D eigenvalue weighted by molar-refractivity contribution is 7.80. The monoisotopic (exact) mass is 188 g/mol. The number of aliphatic hydroxyl groups is 1. The molecule has 0 aliphatic heterocycles. The summed E-state index contributed by atoms with van der Waals surface area (Å²) < 4.78 is 0. The van der Waals surface area contributed by atoms with Crippen LogP contribution < -0.4 is 0 Å². The molecule has 1 nitrogen and oxygen atoms in total. The Morgan fingerprint density at radius 2 is 2.00 bits per heavy atom. The Balaban J connectivity index is 3.19. The third-order valence-corrected chi connectivity index (χ3v) is 2.24. The fourth-order valence-electron chi connectivity index (χ4n) is 1.32. The molecule has 12 heavy (non-hydrogen) atoms. The zero-order chi connectivity index (χ0) is 9.40. The molecule has 0 amide bonds. The molecule has 2 heteroatoms. The van der Waals surface area contributed by atoms with E-state index in [1.54, 1.807) is 0 Å². The highest BCUT2D eigenvalue weighted by Crippen LogP contribution is 2.13. The lowest BCUT2D eigenvalue weighted by Gasteiger charge is -2.08. The van der Waals surface area contributed by atoms with E-state index in [9.17, 15) is 0 Å². The lowest BCUT2D eigenvalue weighted by Crippen LogP contribution is -2.02. The topological polar surface area (TPSA) is 20.2 Å². The molecule has 0 aliphatic carbocycles. The molecular formula is C10H20OS. The van der Waals surface area contributed by atoms with Crippen molar-refractivity contribution in [2.45, 2.75) is 52.4 Å². The summed E-state index contributed by atoms with van der Waals surface area (Å²) in [7, 11) is 0. The van der Waals surface area contributed by atoms with Gasteiger partial charge in [0.15, 0.2) is 5.05 Å². The lowest BCUT2D eigenvalue weighted by atomic mass is 10.00. The minimum absolute atomic E-state index is 0.165. The quantitative estimate of drug-likeness (QED) is 0.483. The van der Waals surface area contributed by atoms with E-state index in [1.165, 1.54) is 32.1 Å². The molecule has 1 N–H and O–H groups in total. The number of thiocarbonyl (C=S) groups is 1. The van der Waals surface area contributed by atoms with Crippen LogP contribution in [0.5, 0.6) is 0 Å². The van der Waals surface area contributed by atoms with Crippen LogP contribution in [0, 0.1) is 5.92 Å². The van der Waals surface area contributed by atoms with Crippen LogP contribution in [0.15, 0.2) is 0 Å². The van der Waals surface area contributed by atoms with Gasteiger partial charge >= 0.3 is 0 Å². The Kier molecular flexibility index (Phi) is 7.47. The van der Waals surface area contributed by atoms with Crippen molar-refractivity contribution in [3.8, 4) is 0 Å². The zero-order valence-electron chi connectivity index (χ0n) is 8.18. The number of hydrogen-bond donors (Lipinski definition) is 1. The van der Waals surface area contributed by atoms with Crippen LogP contribution in [-0.4, -0.2) is 10.2 Å². The minimum atomic E-state index is 0.165. The summed E-state index contributed by atoms with van der Waals surface area (Å²) in [6.45, 7) is 4.36. The molecule has 0 saturated heterocycles. The van der Waals surface area contributed by atoms with Gasteiger partial charge in [0.2, 0.25) is 0 Å². The van der Waals surface area contributed by atoms with Gasteiger partial charge in [-0.2, -0.15) is 0 Å². The van der Waals surface area contributed by atoms with E-state index < -0.39 is 0 Å². The standard InChI is InChI=1S/C10H20OS/c1-3-4-5-6-7-9(2)8-10(11)12/h9H,3-8H2,1-2H3,(H,11,12). The molecule has 0 aliphatic rings. The van der Waals surface area contributed by atoms with Gasteiger partial charge < -0.3 is 5.11 Å². The third kappa shape index (κ3) is 7.99. The largest absolute Gasteiger partial charge is 0.502 e. The summed E-state index contributed by atoms with van der Waals surface area (Å²) in [5.41, 5.74) is 0. The fourth-order valence-corrected chi connectivity index (χ4v) is 1.60. The molecule has 72 valence electrons. The molecule has 1 unspecified atom stereocenters. The van der Waals surface area contributed by atoms with Gasteiger partial charge in [-0.15, -0.1) is 0 Å². The molecule has 0 saturated carbocycles. The van der Waals surface area contributed by atoms with E-state index in [1.807, 2.05) is 0 Å². The summed E-state index contributed by atoms with van der Waals surface area (Å²) in [6.07, 6.45) is 7.10. The van der Waals surface area contributed by atoms with Crippen LogP contribution in [0.1, 0.15) is 52.4 Å². The maximum absolute atomic E-state index is 8.86. The average Bonchev–Trinajstić information content (AvgIpc) is 1.97. The van der Waals surface area contributed by atoms with Gasteiger partial charge in [0.05, 0.1) is 0 Å². The van der Waals surface area contributed by atoms with Crippen molar-refractivity contribution in [3.05, 3.63) is 0 Å². The molecule has 0 fully saturated rings. The van der Waals surface area contributed by atoms with Crippen LogP contribution in [0.4, 0.5) is 0 Å². The van der Waals surface area contributed by atoms with Gasteiger partial charge in [0.1, 0.15) is 0 Å². The van der Waals surface area contributed by atoms with Crippen molar-refractivity contribution in [2.75, 3.05) is 0 Å². The van der Waals surface area contributed by atoms with Crippen LogP contribution >= 0.6 is 12.2 Å². The molecular weight excluding hydrogens is 168 g/mol. The molecule has 0 heterocycles. The summed E-state index contributed by atoms with van der Waals surface area (Å²) in [4.78, 5) is 0. The first kappa shape index (κ1) is 11.9. The third-order valence-electron chi connectivity index (χ3n) is 2.07. The Morgan fingerprint density at radius 1 is 1.33 bits per heavy atom. The second kappa shape index (κ2) is 7.53. The first-order valence-corrected chi connectivity index (χ1v) is 5.29. The smallest absolute Gasteiger partial charge is 0.156 e. The maximum atomic E-state index is 8.86. The number of aliphatic hydroxyl groups excluding tert-OH is 1. The predicted molar refractivity (Wildman–Crippen MR) is 57.8 cm³/mol. The van der Waals surface area contributed by atoms with Crippen molar-refractivity contribution >= 4 is 17.3 Å². The Morgan fingerprint density at radius 3 is 2.50 bits per heavy atom. The van der Waals surface area contributed by atoms with Gasteiger partial charge in [-0.05, 0) is 18.1 Å². The number of hydrogen-bond acceptors (Lipinski definition) is 1. The summed E-state index contributed by atoms with van der Waals surface area (Å²) in [6, 6.07) is 0. The average molecular weight is 188 g/mol. The van der Waals surface area contributed by atoms with Crippen molar-refractivity contribution in [2.24, 2.45) is 5.92 Å². The molecule has 1 atom stereocenters. The molecule has 0 radical (unpaired) electrons. The van der Waals surface area contributed by atoms with Crippen LogP contribution in [0.3, 0.4) is 0 Å². The van der Waals surface area contributed by atoms with E-state index in [0.29, 0.717) is 12.3 Å². The van der Waals surface area contributed by atoms with Crippen molar-refractivity contribution in [3.63, 3.8) is 0 Å². The van der Waals surface area contributed by atoms with Crippen LogP contribution in [0.2, 0.25) is 0 Å². The lowest BCUT2D eigenvalue weighted by molar-refractivity contribution is 0.464.